The van der Waals surface area contributed by atoms with Gasteiger partial charge in [-0.15, -0.1) is 0 Å². The molecule has 1 aliphatic rings. The Bertz CT molecular complexity index is 631. The monoisotopic (exact) mass is 328 g/mol. The molecule has 0 aromatic heterocycles. The fourth-order valence-electron chi connectivity index (χ4n) is 2.52. The Morgan fingerprint density at radius 3 is 2.76 bits per heavy atom. The van der Waals surface area contributed by atoms with Crippen LogP contribution in [-0.2, 0) is 15.8 Å². The van der Waals surface area contributed by atoms with E-state index in [0.29, 0.717) is 30.6 Å². The predicted molar refractivity (Wildman–Crippen MR) is 86.3 cm³/mol. The maximum absolute atomic E-state index is 12.5. The van der Waals surface area contributed by atoms with Gasteiger partial charge in [-0.2, -0.15) is 0 Å². The highest BCUT2D eigenvalue weighted by molar-refractivity contribution is 7.88. The first-order chi connectivity index (χ1) is 9.81. The van der Waals surface area contributed by atoms with Gasteiger partial charge in [0.2, 0.25) is 10.0 Å². The minimum Gasteiger partial charge on any atom is -0.393 e. The highest BCUT2D eigenvalue weighted by Gasteiger charge is 2.32. The van der Waals surface area contributed by atoms with E-state index in [0.717, 1.165) is 0 Å². The third kappa shape index (κ3) is 3.79. The molecule has 1 heterocycles. The molecule has 2 rings (SSSR count). The summed E-state index contributed by atoms with van der Waals surface area (Å²) in [6.45, 7) is 2.55. The van der Waals surface area contributed by atoms with Gasteiger partial charge in [0.05, 0.1) is 11.9 Å². The number of sulfonamides is 1. The fraction of sp³-hybridized carbons (Fsp3) is 0.500. The minimum absolute atomic E-state index is 0.0562. The van der Waals surface area contributed by atoms with E-state index in [2.05, 4.69) is 0 Å². The van der Waals surface area contributed by atoms with Crippen LogP contribution in [0, 0.1) is 5.92 Å². The van der Waals surface area contributed by atoms with Crippen LogP contribution in [0.5, 0.6) is 0 Å². The molecule has 116 valence electrons. The van der Waals surface area contributed by atoms with Crippen molar-refractivity contribution in [3.8, 4) is 0 Å². The third-order valence-electron chi connectivity index (χ3n) is 3.84. The molecule has 21 heavy (non-hydrogen) atoms. The lowest BCUT2D eigenvalue weighted by atomic mass is 9.99. The SMILES string of the molecule is CC1CN(S(=O)(=O)Cc2ccccc2C(N)=S)CCC1O. The summed E-state index contributed by atoms with van der Waals surface area (Å²) in [5.41, 5.74) is 6.85. The average molecular weight is 328 g/mol. The highest BCUT2D eigenvalue weighted by Crippen LogP contribution is 2.22. The van der Waals surface area contributed by atoms with Crippen molar-refractivity contribution in [2.45, 2.75) is 25.2 Å². The number of hydrogen-bond donors (Lipinski definition) is 2. The molecule has 1 aromatic carbocycles. The van der Waals surface area contributed by atoms with E-state index in [9.17, 15) is 13.5 Å². The van der Waals surface area contributed by atoms with Gasteiger partial charge >= 0.3 is 0 Å². The number of benzene rings is 1. The van der Waals surface area contributed by atoms with E-state index in [1.165, 1.54) is 4.31 Å². The summed E-state index contributed by atoms with van der Waals surface area (Å²) in [5, 5.41) is 9.71. The van der Waals surface area contributed by atoms with Gasteiger partial charge in [0.25, 0.3) is 0 Å². The van der Waals surface area contributed by atoms with E-state index in [1.807, 2.05) is 6.92 Å². The molecule has 0 radical (unpaired) electrons. The number of nitrogens with two attached hydrogens (primary N) is 1. The summed E-state index contributed by atoms with van der Waals surface area (Å²) in [5.74, 6) is -0.178. The lowest BCUT2D eigenvalue weighted by Crippen LogP contribution is -2.45. The van der Waals surface area contributed by atoms with E-state index >= 15 is 0 Å². The zero-order valence-corrected chi connectivity index (χ0v) is 13.5. The standard InChI is InChI=1S/C14H20N2O3S2/c1-10-8-16(7-6-13(10)17)21(18,19)9-11-4-2-3-5-12(11)14(15)20/h2-5,10,13,17H,6-9H2,1H3,(H2,15,20). The van der Waals surface area contributed by atoms with Crippen LogP contribution < -0.4 is 5.73 Å². The third-order valence-corrected chi connectivity index (χ3v) is 5.85. The zero-order valence-electron chi connectivity index (χ0n) is 11.9. The van der Waals surface area contributed by atoms with Crippen LogP contribution in [0.2, 0.25) is 0 Å². The van der Waals surface area contributed by atoms with Crippen LogP contribution in [0.1, 0.15) is 24.5 Å². The molecule has 0 amide bonds. The van der Waals surface area contributed by atoms with Gasteiger partial charge in [0, 0.05) is 18.7 Å². The van der Waals surface area contributed by atoms with Crippen molar-refractivity contribution in [1.29, 1.82) is 0 Å². The van der Waals surface area contributed by atoms with Crippen LogP contribution in [0.25, 0.3) is 0 Å². The summed E-state index contributed by atoms with van der Waals surface area (Å²) in [6.07, 6.45) is 0.0394. The second-order valence-electron chi connectivity index (χ2n) is 5.47. The van der Waals surface area contributed by atoms with Crippen LogP contribution >= 0.6 is 12.2 Å². The topological polar surface area (TPSA) is 83.6 Å². The smallest absolute Gasteiger partial charge is 0.218 e. The fourth-order valence-corrected chi connectivity index (χ4v) is 4.39. The summed E-state index contributed by atoms with van der Waals surface area (Å²) in [4.78, 5) is 0.197. The predicted octanol–water partition coefficient (Wildman–Crippen LogP) is 0.853. The largest absolute Gasteiger partial charge is 0.393 e. The summed E-state index contributed by atoms with van der Waals surface area (Å²) >= 11 is 4.97. The van der Waals surface area contributed by atoms with E-state index in [1.54, 1.807) is 24.3 Å². The molecule has 7 heteroatoms. The molecular weight excluding hydrogens is 308 g/mol. The van der Waals surface area contributed by atoms with Gasteiger partial charge in [-0.3, -0.25) is 0 Å². The van der Waals surface area contributed by atoms with E-state index < -0.39 is 16.1 Å². The molecule has 0 bridgehead atoms. The Hall–Kier alpha value is -1.02. The number of thiocarbonyl (C=S) groups is 1. The number of rotatable bonds is 4. The summed E-state index contributed by atoms with van der Waals surface area (Å²) < 4.78 is 26.5. The van der Waals surface area contributed by atoms with Crippen LogP contribution in [0.15, 0.2) is 24.3 Å². The molecule has 1 aromatic rings. The Kier molecular flexibility index (Phi) is 4.98. The zero-order chi connectivity index (χ0) is 15.6. The number of piperidine rings is 1. The lowest BCUT2D eigenvalue weighted by molar-refractivity contribution is 0.0628. The summed E-state index contributed by atoms with van der Waals surface area (Å²) in [6, 6.07) is 7.02. The number of aliphatic hydroxyl groups excluding tert-OH is 1. The van der Waals surface area contributed by atoms with Crippen LogP contribution in [0.3, 0.4) is 0 Å². The second kappa shape index (κ2) is 6.39. The minimum atomic E-state index is -3.44. The first-order valence-electron chi connectivity index (χ1n) is 6.85. The average Bonchev–Trinajstić information content (AvgIpc) is 2.41. The molecule has 1 fully saturated rings. The molecule has 0 spiro atoms. The van der Waals surface area contributed by atoms with Crippen molar-refractivity contribution in [3.63, 3.8) is 0 Å². The molecule has 2 unspecified atom stereocenters. The quantitative estimate of drug-likeness (QED) is 0.801. The molecule has 3 N–H and O–H groups in total. The molecule has 0 aliphatic carbocycles. The molecular formula is C14H20N2O3S2. The first-order valence-corrected chi connectivity index (χ1v) is 8.86. The second-order valence-corrected chi connectivity index (χ2v) is 7.88. The number of nitrogens with zero attached hydrogens (tertiary/aromatic N) is 1. The van der Waals surface area contributed by atoms with Gasteiger partial charge in [-0.05, 0) is 17.9 Å². The molecule has 2 atom stereocenters. The van der Waals surface area contributed by atoms with Gasteiger partial charge in [-0.1, -0.05) is 43.4 Å². The molecule has 0 saturated carbocycles. The van der Waals surface area contributed by atoms with Gasteiger partial charge in [-0.25, -0.2) is 12.7 Å². The van der Waals surface area contributed by atoms with Crippen LogP contribution in [-0.4, -0.2) is 42.0 Å². The van der Waals surface area contributed by atoms with Crippen molar-refractivity contribution < 1.29 is 13.5 Å². The summed E-state index contributed by atoms with van der Waals surface area (Å²) in [7, 11) is -3.44. The van der Waals surface area contributed by atoms with Gasteiger partial charge in [0.1, 0.15) is 4.99 Å². The van der Waals surface area contributed by atoms with Crippen molar-refractivity contribution >= 4 is 27.2 Å². The first kappa shape index (κ1) is 16.4. The Balaban J connectivity index is 2.20. The number of aliphatic hydroxyl groups is 1. The molecule has 1 aliphatic heterocycles. The van der Waals surface area contributed by atoms with Crippen molar-refractivity contribution in [2.24, 2.45) is 11.7 Å². The maximum Gasteiger partial charge on any atom is 0.218 e. The van der Waals surface area contributed by atoms with Crippen molar-refractivity contribution in [1.82, 2.24) is 4.31 Å². The van der Waals surface area contributed by atoms with Crippen molar-refractivity contribution in [3.05, 3.63) is 35.4 Å². The molecule has 1 saturated heterocycles. The normalized spacial score (nSPS) is 23.9. The van der Waals surface area contributed by atoms with Crippen molar-refractivity contribution in [2.75, 3.05) is 13.1 Å². The van der Waals surface area contributed by atoms with Gasteiger partial charge < -0.3 is 10.8 Å². The lowest BCUT2D eigenvalue weighted by Gasteiger charge is -2.33. The Labute approximate surface area is 130 Å². The Morgan fingerprint density at radius 2 is 2.14 bits per heavy atom. The van der Waals surface area contributed by atoms with E-state index in [-0.39, 0.29) is 16.7 Å². The number of hydrogen-bond acceptors (Lipinski definition) is 4. The molecule has 5 nitrogen and oxygen atoms in total. The van der Waals surface area contributed by atoms with E-state index in [4.69, 9.17) is 18.0 Å². The maximum atomic E-state index is 12.5. The highest BCUT2D eigenvalue weighted by atomic mass is 32.2. The van der Waals surface area contributed by atoms with Gasteiger partial charge in [0.15, 0.2) is 0 Å². The Morgan fingerprint density at radius 1 is 1.48 bits per heavy atom. The van der Waals surface area contributed by atoms with Crippen LogP contribution in [0.4, 0.5) is 0 Å².